The Hall–Kier alpha value is -1.29. The zero-order valence-electron chi connectivity index (χ0n) is 9.76. The summed E-state index contributed by atoms with van der Waals surface area (Å²) in [7, 11) is 0. The number of nitrogen functional groups attached to an aromatic ring is 1. The molecule has 1 rings (SSSR count). The van der Waals surface area contributed by atoms with E-state index in [0.29, 0.717) is 17.8 Å². The molecule has 0 amide bonds. The zero-order valence-corrected chi connectivity index (χ0v) is 9.76. The van der Waals surface area contributed by atoms with Crippen LogP contribution >= 0.6 is 0 Å². The number of hydrogen-bond donors (Lipinski definition) is 3. The molecule has 0 radical (unpaired) electrons. The molecule has 1 atom stereocenters. The summed E-state index contributed by atoms with van der Waals surface area (Å²) in [5.41, 5.74) is 6.00. The lowest BCUT2D eigenvalue weighted by atomic mass is 9.94. The first-order valence-corrected chi connectivity index (χ1v) is 5.45. The van der Waals surface area contributed by atoms with Crippen LogP contribution in [0, 0.1) is 5.82 Å². The SMILES string of the molecule is CCC(C)(CCO)Nc1ccc(N)cc1F. The number of benzene rings is 1. The van der Waals surface area contributed by atoms with Gasteiger partial charge < -0.3 is 16.2 Å². The van der Waals surface area contributed by atoms with Crippen LogP contribution in [0.15, 0.2) is 18.2 Å². The van der Waals surface area contributed by atoms with Crippen molar-refractivity contribution in [3.8, 4) is 0 Å². The van der Waals surface area contributed by atoms with Crippen molar-refractivity contribution in [2.24, 2.45) is 0 Å². The van der Waals surface area contributed by atoms with E-state index in [9.17, 15) is 4.39 Å². The van der Waals surface area contributed by atoms with Crippen LogP contribution in [0.5, 0.6) is 0 Å². The lowest BCUT2D eigenvalue weighted by molar-refractivity contribution is 0.251. The predicted molar refractivity (Wildman–Crippen MR) is 64.8 cm³/mol. The largest absolute Gasteiger partial charge is 0.399 e. The molecule has 0 bridgehead atoms. The molecule has 0 heterocycles. The van der Waals surface area contributed by atoms with Crippen LogP contribution in [0.4, 0.5) is 15.8 Å². The first kappa shape index (κ1) is 12.8. The van der Waals surface area contributed by atoms with Crippen LogP contribution < -0.4 is 11.1 Å². The van der Waals surface area contributed by atoms with Gasteiger partial charge in [0.1, 0.15) is 5.82 Å². The van der Waals surface area contributed by atoms with Crippen LogP contribution in [0.3, 0.4) is 0 Å². The molecule has 0 aromatic heterocycles. The number of hydrogen-bond acceptors (Lipinski definition) is 3. The second-order valence-corrected chi connectivity index (χ2v) is 4.25. The Kier molecular flexibility index (Phi) is 4.12. The molecule has 4 heteroatoms. The highest BCUT2D eigenvalue weighted by Gasteiger charge is 2.22. The van der Waals surface area contributed by atoms with E-state index >= 15 is 0 Å². The summed E-state index contributed by atoms with van der Waals surface area (Å²) in [5.74, 6) is -0.363. The lowest BCUT2D eigenvalue weighted by Gasteiger charge is -2.30. The van der Waals surface area contributed by atoms with Crippen molar-refractivity contribution < 1.29 is 9.50 Å². The van der Waals surface area contributed by atoms with Gasteiger partial charge >= 0.3 is 0 Å². The normalized spacial score (nSPS) is 14.5. The van der Waals surface area contributed by atoms with Crippen molar-refractivity contribution in [1.29, 1.82) is 0 Å². The fourth-order valence-electron chi connectivity index (χ4n) is 1.53. The van der Waals surface area contributed by atoms with Gasteiger partial charge in [-0.2, -0.15) is 0 Å². The minimum Gasteiger partial charge on any atom is -0.399 e. The second kappa shape index (κ2) is 5.16. The molecule has 0 fully saturated rings. The minimum atomic E-state index is -0.363. The first-order chi connectivity index (χ1) is 7.50. The predicted octanol–water partition coefficient (Wildman–Crippen LogP) is 2.37. The van der Waals surface area contributed by atoms with E-state index in [1.807, 2.05) is 13.8 Å². The fraction of sp³-hybridized carbons (Fsp3) is 0.500. The van der Waals surface area contributed by atoms with Crippen LogP contribution in [0.1, 0.15) is 26.7 Å². The van der Waals surface area contributed by atoms with Crippen molar-refractivity contribution in [2.45, 2.75) is 32.2 Å². The molecule has 16 heavy (non-hydrogen) atoms. The second-order valence-electron chi connectivity index (χ2n) is 4.25. The average molecular weight is 226 g/mol. The molecule has 0 aliphatic rings. The Morgan fingerprint density at radius 3 is 2.69 bits per heavy atom. The van der Waals surface area contributed by atoms with Gasteiger partial charge in [0.2, 0.25) is 0 Å². The summed E-state index contributed by atoms with van der Waals surface area (Å²) in [6, 6.07) is 4.56. The molecule has 0 saturated carbocycles. The molecule has 0 aliphatic heterocycles. The molecule has 1 aromatic carbocycles. The Labute approximate surface area is 95.5 Å². The molecule has 90 valence electrons. The first-order valence-electron chi connectivity index (χ1n) is 5.45. The number of nitrogens with one attached hydrogen (secondary N) is 1. The quantitative estimate of drug-likeness (QED) is 0.675. The van der Waals surface area contributed by atoms with E-state index in [0.717, 1.165) is 6.42 Å². The van der Waals surface area contributed by atoms with Gasteiger partial charge in [0.05, 0.1) is 5.69 Å². The fourth-order valence-corrected chi connectivity index (χ4v) is 1.53. The smallest absolute Gasteiger partial charge is 0.148 e. The highest BCUT2D eigenvalue weighted by molar-refractivity contribution is 5.53. The molecular weight excluding hydrogens is 207 g/mol. The monoisotopic (exact) mass is 226 g/mol. The average Bonchev–Trinajstić information content (AvgIpc) is 2.23. The van der Waals surface area contributed by atoms with Gasteiger partial charge in [-0.3, -0.25) is 0 Å². The van der Waals surface area contributed by atoms with Crippen LogP contribution in [0.2, 0.25) is 0 Å². The summed E-state index contributed by atoms with van der Waals surface area (Å²) >= 11 is 0. The minimum absolute atomic E-state index is 0.0773. The van der Waals surface area contributed by atoms with Gasteiger partial charge in [-0.15, -0.1) is 0 Å². The Morgan fingerprint density at radius 1 is 1.50 bits per heavy atom. The summed E-state index contributed by atoms with van der Waals surface area (Å²) < 4.78 is 13.6. The zero-order chi connectivity index (χ0) is 12.2. The van der Waals surface area contributed by atoms with Crippen LogP contribution in [-0.4, -0.2) is 17.3 Å². The number of nitrogens with two attached hydrogens (primary N) is 1. The van der Waals surface area contributed by atoms with Crippen LogP contribution in [-0.2, 0) is 0 Å². The summed E-state index contributed by atoms with van der Waals surface area (Å²) in [5, 5.41) is 12.1. The van der Waals surface area contributed by atoms with E-state index < -0.39 is 0 Å². The van der Waals surface area contributed by atoms with Crippen molar-refractivity contribution in [1.82, 2.24) is 0 Å². The molecule has 3 nitrogen and oxygen atoms in total. The maximum atomic E-state index is 13.6. The van der Waals surface area contributed by atoms with Crippen molar-refractivity contribution in [2.75, 3.05) is 17.7 Å². The standard InChI is InChI=1S/C12H19FN2O/c1-3-12(2,6-7-16)15-11-5-4-9(14)8-10(11)13/h4-5,8,15-16H,3,6-7,14H2,1-2H3. The van der Waals surface area contributed by atoms with E-state index in [1.54, 1.807) is 12.1 Å². The number of aliphatic hydroxyl groups is 1. The molecule has 4 N–H and O–H groups in total. The third-order valence-corrected chi connectivity index (χ3v) is 2.87. The maximum absolute atomic E-state index is 13.6. The third-order valence-electron chi connectivity index (χ3n) is 2.87. The van der Waals surface area contributed by atoms with Gasteiger partial charge in [0.25, 0.3) is 0 Å². The Bertz CT molecular complexity index is 357. The van der Waals surface area contributed by atoms with E-state index in [2.05, 4.69) is 5.32 Å². The van der Waals surface area contributed by atoms with Gasteiger partial charge in [0.15, 0.2) is 0 Å². The van der Waals surface area contributed by atoms with Crippen molar-refractivity contribution >= 4 is 11.4 Å². The van der Waals surface area contributed by atoms with E-state index in [-0.39, 0.29) is 18.0 Å². The van der Waals surface area contributed by atoms with Crippen molar-refractivity contribution in [3.63, 3.8) is 0 Å². The third kappa shape index (κ3) is 3.10. The topological polar surface area (TPSA) is 58.3 Å². The molecule has 0 aliphatic carbocycles. The molecule has 0 spiro atoms. The number of halogens is 1. The number of anilines is 2. The van der Waals surface area contributed by atoms with E-state index in [1.165, 1.54) is 6.07 Å². The summed E-state index contributed by atoms with van der Waals surface area (Å²) in [6.07, 6.45) is 1.38. The summed E-state index contributed by atoms with van der Waals surface area (Å²) in [4.78, 5) is 0. The lowest BCUT2D eigenvalue weighted by Crippen LogP contribution is -2.35. The van der Waals surface area contributed by atoms with Gasteiger partial charge in [-0.1, -0.05) is 6.92 Å². The molecule has 1 aromatic rings. The maximum Gasteiger partial charge on any atom is 0.148 e. The molecule has 1 unspecified atom stereocenters. The van der Waals surface area contributed by atoms with Gasteiger partial charge in [-0.05, 0) is 38.0 Å². The van der Waals surface area contributed by atoms with Gasteiger partial charge in [-0.25, -0.2) is 4.39 Å². The Balaban J connectivity index is 2.85. The van der Waals surface area contributed by atoms with Crippen molar-refractivity contribution in [3.05, 3.63) is 24.0 Å². The highest BCUT2D eigenvalue weighted by atomic mass is 19.1. The number of rotatable bonds is 5. The highest BCUT2D eigenvalue weighted by Crippen LogP contribution is 2.24. The van der Waals surface area contributed by atoms with Gasteiger partial charge in [0, 0.05) is 17.8 Å². The molecular formula is C12H19FN2O. The molecule has 0 saturated heterocycles. The Morgan fingerprint density at radius 2 is 2.19 bits per heavy atom. The summed E-state index contributed by atoms with van der Waals surface area (Å²) in [6.45, 7) is 4.03. The van der Waals surface area contributed by atoms with E-state index in [4.69, 9.17) is 10.8 Å². The number of aliphatic hydroxyl groups excluding tert-OH is 1. The van der Waals surface area contributed by atoms with Crippen LogP contribution in [0.25, 0.3) is 0 Å².